The highest BCUT2D eigenvalue weighted by Gasteiger charge is 2.12. The Bertz CT molecular complexity index is 1200. The van der Waals surface area contributed by atoms with Gasteiger partial charge in [0.2, 0.25) is 0 Å². The summed E-state index contributed by atoms with van der Waals surface area (Å²) in [6.07, 6.45) is 3.32. The maximum absolute atomic E-state index is 13.4. The summed E-state index contributed by atoms with van der Waals surface area (Å²) < 4.78 is 20.2. The molecule has 0 aliphatic heterocycles. The molecule has 0 spiro atoms. The van der Waals surface area contributed by atoms with E-state index < -0.39 is 0 Å². The van der Waals surface area contributed by atoms with E-state index in [-0.39, 0.29) is 11.7 Å². The number of nitrogens with zero attached hydrogens (tertiary/aromatic N) is 3. The summed E-state index contributed by atoms with van der Waals surface area (Å²) in [6.45, 7) is 0. The fourth-order valence-corrected chi connectivity index (χ4v) is 2.99. The molecule has 1 heterocycles. The quantitative estimate of drug-likeness (QED) is 0.374. The number of para-hydroxylation sites is 1. The van der Waals surface area contributed by atoms with Crippen LogP contribution >= 0.6 is 0 Å². The third-order valence-electron chi connectivity index (χ3n) is 4.60. The largest absolute Gasteiger partial charge is 0.497 e. The zero-order valence-electron chi connectivity index (χ0n) is 16.7. The fraction of sp³-hybridized carbons (Fsp3) is 0.0417. The van der Waals surface area contributed by atoms with Gasteiger partial charge in [0, 0.05) is 22.9 Å². The molecule has 0 aliphatic rings. The average molecular weight is 414 g/mol. The molecule has 1 N–H and O–H groups in total. The normalized spacial score (nSPS) is 10.9. The molecule has 6 nitrogen and oxygen atoms in total. The van der Waals surface area contributed by atoms with Crippen LogP contribution in [0.25, 0.3) is 16.9 Å². The lowest BCUT2D eigenvalue weighted by Crippen LogP contribution is -2.17. The minimum absolute atomic E-state index is 0.326. The van der Waals surface area contributed by atoms with Gasteiger partial charge in [-0.3, -0.25) is 4.79 Å². The molecule has 4 rings (SSSR count). The van der Waals surface area contributed by atoms with E-state index in [9.17, 15) is 9.18 Å². The minimum atomic E-state index is -0.349. The van der Waals surface area contributed by atoms with E-state index in [1.54, 1.807) is 54.4 Å². The van der Waals surface area contributed by atoms with Gasteiger partial charge in [-0.25, -0.2) is 14.5 Å². The Morgan fingerprint density at radius 1 is 1.03 bits per heavy atom. The first kappa shape index (κ1) is 20.0. The molecule has 0 saturated carbocycles. The van der Waals surface area contributed by atoms with E-state index in [0.29, 0.717) is 22.6 Å². The number of nitrogens with one attached hydrogen (secondary N) is 1. The van der Waals surface area contributed by atoms with Crippen LogP contribution in [0, 0.1) is 5.82 Å². The second-order valence-electron chi connectivity index (χ2n) is 6.65. The summed E-state index contributed by atoms with van der Waals surface area (Å²) in [4.78, 5) is 12.3. The molecule has 0 fully saturated rings. The Labute approximate surface area is 178 Å². The van der Waals surface area contributed by atoms with Crippen LogP contribution in [0.15, 0.2) is 90.2 Å². The number of ether oxygens (including phenoxy) is 1. The molecule has 3 aromatic carbocycles. The number of carbonyl (C=O) groups excluding carboxylic acids is 1. The molecular formula is C24H19FN4O2. The van der Waals surface area contributed by atoms with Gasteiger partial charge in [-0.05, 0) is 60.7 Å². The molecule has 1 amide bonds. The first-order valence-corrected chi connectivity index (χ1v) is 9.52. The second kappa shape index (κ2) is 9.04. The van der Waals surface area contributed by atoms with Crippen molar-refractivity contribution in [3.05, 3.63) is 102 Å². The van der Waals surface area contributed by atoms with Crippen LogP contribution in [0.2, 0.25) is 0 Å². The van der Waals surface area contributed by atoms with Gasteiger partial charge in [0.1, 0.15) is 17.3 Å². The van der Waals surface area contributed by atoms with Crippen molar-refractivity contribution in [2.75, 3.05) is 7.11 Å². The number of hydrogen-bond donors (Lipinski definition) is 1. The first-order chi connectivity index (χ1) is 15.1. The Kier molecular flexibility index (Phi) is 5.84. The van der Waals surface area contributed by atoms with Crippen molar-refractivity contribution < 1.29 is 13.9 Å². The van der Waals surface area contributed by atoms with E-state index in [0.717, 1.165) is 11.3 Å². The molecule has 0 unspecified atom stereocenters. The van der Waals surface area contributed by atoms with Crippen LogP contribution in [-0.4, -0.2) is 29.0 Å². The van der Waals surface area contributed by atoms with Crippen LogP contribution in [0.3, 0.4) is 0 Å². The molecule has 0 atom stereocenters. The van der Waals surface area contributed by atoms with Gasteiger partial charge in [-0.15, -0.1) is 0 Å². The van der Waals surface area contributed by atoms with Gasteiger partial charge < -0.3 is 4.74 Å². The highest BCUT2D eigenvalue weighted by molar-refractivity contribution is 5.95. The number of amides is 1. The summed E-state index contributed by atoms with van der Waals surface area (Å²) in [5, 5.41) is 8.72. The lowest BCUT2D eigenvalue weighted by Gasteiger charge is -2.02. The lowest BCUT2D eigenvalue weighted by atomic mass is 10.1. The van der Waals surface area contributed by atoms with Gasteiger partial charge in [-0.2, -0.15) is 10.2 Å². The van der Waals surface area contributed by atoms with Crippen molar-refractivity contribution in [1.82, 2.24) is 15.2 Å². The van der Waals surface area contributed by atoms with Gasteiger partial charge in [-0.1, -0.05) is 18.2 Å². The third-order valence-corrected chi connectivity index (χ3v) is 4.60. The van der Waals surface area contributed by atoms with Gasteiger partial charge in [0.05, 0.1) is 19.0 Å². The monoisotopic (exact) mass is 414 g/mol. The number of hydrogen-bond acceptors (Lipinski definition) is 4. The Morgan fingerprint density at radius 3 is 2.42 bits per heavy atom. The van der Waals surface area contributed by atoms with Gasteiger partial charge >= 0.3 is 0 Å². The number of methoxy groups -OCH3 is 1. The number of aromatic nitrogens is 2. The summed E-state index contributed by atoms with van der Waals surface area (Å²) in [5.74, 6) is -0.0109. The lowest BCUT2D eigenvalue weighted by molar-refractivity contribution is 0.0955. The molecule has 0 radical (unpaired) electrons. The van der Waals surface area contributed by atoms with Crippen molar-refractivity contribution in [3.63, 3.8) is 0 Å². The maximum Gasteiger partial charge on any atom is 0.271 e. The van der Waals surface area contributed by atoms with E-state index in [1.165, 1.54) is 18.3 Å². The third kappa shape index (κ3) is 4.67. The summed E-state index contributed by atoms with van der Waals surface area (Å²) in [5.41, 5.74) is 5.86. The highest BCUT2D eigenvalue weighted by atomic mass is 19.1. The van der Waals surface area contributed by atoms with Crippen molar-refractivity contribution in [1.29, 1.82) is 0 Å². The predicted molar refractivity (Wildman–Crippen MR) is 117 cm³/mol. The zero-order valence-corrected chi connectivity index (χ0v) is 16.7. The SMILES string of the molecule is COc1ccc(C(=O)NN=Cc2cn(-c3ccccc3)nc2-c2ccc(F)cc2)cc1. The number of carbonyl (C=O) groups is 1. The summed E-state index contributed by atoms with van der Waals surface area (Å²) in [6, 6.07) is 22.4. The predicted octanol–water partition coefficient (Wildman–Crippen LogP) is 4.45. The van der Waals surface area contributed by atoms with Crippen LogP contribution < -0.4 is 10.2 Å². The number of benzene rings is 3. The van der Waals surface area contributed by atoms with Crippen molar-refractivity contribution in [2.24, 2.45) is 5.10 Å². The number of rotatable bonds is 6. The van der Waals surface area contributed by atoms with Crippen LogP contribution in [0.1, 0.15) is 15.9 Å². The van der Waals surface area contributed by atoms with Gasteiger partial charge in [0.15, 0.2) is 0 Å². The molecular weight excluding hydrogens is 395 g/mol. The first-order valence-electron chi connectivity index (χ1n) is 9.52. The van der Waals surface area contributed by atoms with Crippen LogP contribution in [-0.2, 0) is 0 Å². The molecule has 1 aromatic heterocycles. The van der Waals surface area contributed by atoms with E-state index in [4.69, 9.17) is 4.74 Å². The Balaban J connectivity index is 1.60. The molecule has 4 aromatic rings. The van der Waals surface area contributed by atoms with E-state index in [2.05, 4.69) is 15.6 Å². The second-order valence-corrected chi connectivity index (χ2v) is 6.65. The van der Waals surface area contributed by atoms with Crippen molar-refractivity contribution in [2.45, 2.75) is 0 Å². The number of hydrazone groups is 1. The summed E-state index contributed by atoms with van der Waals surface area (Å²) in [7, 11) is 1.56. The molecule has 0 aliphatic carbocycles. The molecule has 0 bridgehead atoms. The topological polar surface area (TPSA) is 68.5 Å². The highest BCUT2D eigenvalue weighted by Crippen LogP contribution is 2.23. The van der Waals surface area contributed by atoms with Crippen LogP contribution in [0.4, 0.5) is 4.39 Å². The van der Waals surface area contributed by atoms with Gasteiger partial charge in [0.25, 0.3) is 5.91 Å². The van der Waals surface area contributed by atoms with Crippen molar-refractivity contribution in [3.8, 4) is 22.7 Å². The Morgan fingerprint density at radius 2 is 1.74 bits per heavy atom. The Hall–Kier alpha value is -4.26. The van der Waals surface area contributed by atoms with E-state index in [1.807, 2.05) is 30.3 Å². The fourth-order valence-electron chi connectivity index (χ4n) is 2.99. The zero-order chi connectivity index (χ0) is 21.6. The molecule has 154 valence electrons. The number of halogens is 1. The van der Waals surface area contributed by atoms with Crippen molar-refractivity contribution >= 4 is 12.1 Å². The average Bonchev–Trinajstić information content (AvgIpc) is 3.24. The summed E-state index contributed by atoms with van der Waals surface area (Å²) >= 11 is 0. The smallest absolute Gasteiger partial charge is 0.271 e. The molecule has 31 heavy (non-hydrogen) atoms. The standard InChI is InChI=1S/C24H19FN4O2/c1-31-22-13-9-18(10-14-22)24(30)27-26-15-19-16-29(21-5-3-2-4-6-21)28-23(19)17-7-11-20(25)12-8-17/h2-16H,1H3,(H,27,30). The molecule has 7 heteroatoms. The maximum atomic E-state index is 13.4. The van der Waals surface area contributed by atoms with E-state index >= 15 is 0 Å². The molecule has 0 saturated heterocycles. The minimum Gasteiger partial charge on any atom is -0.497 e. The van der Waals surface area contributed by atoms with Crippen LogP contribution in [0.5, 0.6) is 5.75 Å².